The highest BCUT2D eigenvalue weighted by atomic mass is 79.9. The van der Waals surface area contributed by atoms with Gasteiger partial charge in [0, 0.05) is 25.4 Å². The number of nitrogens with zero attached hydrogens (tertiary/aromatic N) is 3. The first-order chi connectivity index (χ1) is 7.83. The van der Waals surface area contributed by atoms with Crippen LogP contribution in [0.25, 0.3) is 0 Å². The molecule has 1 N–H and O–H groups in total. The lowest BCUT2D eigenvalue weighted by molar-refractivity contribution is 0.282. The Balaban J connectivity index is 2.13. The monoisotopic (exact) mass is 285 g/mol. The summed E-state index contributed by atoms with van der Waals surface area (Å²) in [6.07, 6.45) is 7.87. The van der Waals surface area contributed by atoms with Gasteiger partial charge in [-0.25, -0.2) is 9.97 Å². The lowest BCUT2D eigenvalue weighted by Crippen LogP contribution is -2.41. The second-order valence-electron chi connectivity index (χ2n) is 4.05. The summed E-state index contributed by atoms with van der Waals surface area (Å²) in [5.74, 6) is 0.952. The fourth-order valence-corrected chi connectivity index (χ4v) is 2.37. The van der Waals surface area contributed by atoms with Crippen LogP contribution in [0, 0.1) is 0 Å². The van der Waals surface area contributed by atoms with Crippen molar-refractivity contribution in [1.82, 2.24) is 9.97 Å². The van der Waals surface area contributed by atoms with Gasteiger partial charge in [-0.3, -0.25) is 0 Å². The van der Waals surface area contributed by atoms with Crippen LogP contribution in [0.1, 0.15) is 25.7 Å². The van der Waals surface area contributed by atoms with Gasteiger partial charge < -0.3 is 10.0 Å². The van der Waals surface area contributed by atoms with E-state index in [2.05, 4.69) is 30.8 Å². The number of halogens is 1. The highest BCUT2D eigenvalue weighted by molar-refractivity contribution is 9.10. The van der Waals surface area contributed by atoms with Crippen molar-refractivity contribution >= 4 is 21.7 Å². The van der Waals surface area contributed by atoms with Crippen LogP contribution in [0.3, 0.4) is 0 Å². The molecule has 0 bridgehead atoms. The fourth-order valence-electron chi connectivity index (χ4n) is 1.92. The summed E-state index contributed by atoms with van der Waals surface area (Å²) in [5.41, 5.74) is 0. The van der Waals surface area contributed by atoms with E-state index in [1.165, 1.54) is 19.3 Å². The number of rotatable bonds is 5. The summed E-state index contributed by atoms with van der Waals surface area (Å²) in [6, 6.07) is 0.581. The zero-order valence-electron chi connectivity index (χ0n) is 9.14. The van der Waals surface area contributed by atoms with Gasteiger partial charge in [0.05, 0.1) is 4.47 Å². The van der Waals surface area contributed by atoms with Crippen LogP contribution in [0.15, 0.2) is 17.0 Å². The second-order valence-corrected chi connectivity index (χ2v) is 4.90. The van der Waals surface area contributed by atoms with Gasteiger partial charge in [-0.05, 0) is 41.6 Å². The van der Waals surface area contributed by atoms with Crippen LogP contribution in [-0.4, -0.2) is 34.3 Å². The third-order valence-corrected chi connectivity index (χ3v) is 3.55. The van der Waals surface area contributed by atoms with Crippen molar-refractivity contribution in [2.75, 3.05) is 18.1 Å². The molecule has 4 nitrogen and oxygen atoms in total. The molecule has 1 aromatic heterocycles. The average molecular weight is 286 g/mol. The third kappa shape index (κ3) is 2.52. The molecular formula is C11H16BrN3O. The molecule has 1 aliphatic carbocycles. The molecular weight excluding hydrogens is 270 g/mol. The van der Waals surface area contributed by atoms with E-state index in [9.17, 15) is 0 Å². The van der Waals surface area contributed by atoms with E-state index in [0.717, 1.165) is 23.3 Å². The highest BCUT2D eigenvalue weighted by Crippen LogP contribution is 2.32. The highest BCUT2D eigenvalue weighted by Gasteiger charge is 2.26. The van der Waals surface area contributed by atoms with Crippen LogP contribution in [0.2, 0.25) is 0 Å². The van der Waals surface area contributed by atoms with E-state index >= 15 is 0 Å². The molecule has 0 spiro atoms. The molecule has 0 amide bonds. The molecule has 0 aliphatic heterocycles. The first kappa shape index (κ1) is 11.8. The SMILES string of the molecule is OCCCN(c1ncncc1Br)C1CCC1. The predicted molar refractivity (Wildman–Crippen MR) is 66.4 cm³/mol. The molecule has 88 valence electrons. The van der Waals surface area contributed by atoms with Gasteiger partial charge >= 0.3 is 0 Å². The quantitative estimate of drug-likeness (QED) is 0.899. The topological polar surface area (TPSA) is 49.2 Å². The lowest BCUT2D eigenvalue weighted by Gasteiger charge is -2.38. The fraction of sp³-hybridized carbons (Fsp3) is 0.636. The molecule has 2 rings (SSSR count). The molecule has 1 aliphatic rings. The van der Waals surface area contributed by atoms with Gasteiger partial charge in [-0.15, -0.1) is 0 Å². The lowest BCUT2D eigenvalue weighted by atomic mass is 9.91. The largest absolute Gasteiger partial charge is 0.396 e. The van der Waals surface area contributed by atoms with E-state index in [1.54, 1.807) is 12.5 Å². The maximum Gasteiger partial charge on any atom is 0.146 e. The van der Waals surface area contributed by atoms with Crippen molar-refractivity contribution < 1.29 is 5.11 Å². The maximum absolute atomic E-state index is 8.93. The molecule has 16 heavy (non-hydrogen) atoms. The van der Waals surface area contributed by atoms with Crippen molar-refractivity contribution in [3.8, 4) is 0 Å². The van der Waals surface area contributed by atoms with Gasteiger partial charge in [0.2, 0.25) is 0 Å². The summed E-state index contributed by atoms with van der Waals surface area (Å²) >= 11 is 3.48. The number of anilines is 1. The minimum atomic E-state index is 0.228. The van der Waals surface area contributed by atoms with Gasteiger partial charge in [-0.2, -0.15) is 0 Å². The Hall–Kier alpha value is -0.680. The minimum absolute atomic E-state index is 0.228. The Morgan fingerprint density at radius 3 is 2.88 bits per heavy atom. The van der Waals surface area contributed by atoms with Gasteiger partial charge in [0.15, 0.2) is 0 Å². The minimum Gasteiger partial charge on any atom is -0.396 e. The van der Waals surface area contributed by atoms with E-state index in [4.69, 9.17) is 5.11 Å². The van der Waals surface area contributed by atoms with Crippen molar-refractivity contribution in [2.45, 2.75) is 31.7 Å². The van der Waals surface area contributed by atoms with E-state index < -0.39 is 0 Å². The summed E-state index contributed by atoms with van der Waals surface area (Å²) < 4.78 is 0.930. The van der Waals surface area contributed by atoms with Gasteiger partial charge in [-0.1, -0.05) is 0 Å². The van der Waals surface area contributed by atoms with E-state index in [0.29, 0.717) is 6.04 Å². The van der Waals surface area contributed by atoms with Crippen LogP contribution >= 0.6 is 15.9 Å². The number of aliphatic hydroxyl groups excluding tert-OH is 1. The molecule has 1 fully saturated rings. The standard InChI is InChI=1S/C11H16BrN3O/c12-10-7-13-8-14-11(10)15(5-2-6-16)9-3-1-4-9/h7-9,16H,1-6H2. The summed E-state index contributed by atoms with van der Waals surface area (Å²) in [7, 11) is 0. The zero-order chi connectivity index (χ0) is 11.4. The van der Waals surface area contributed by atoms with E-state index in [-0.39, 0.29) is 6.61 Å². The van der Waals surface area contributed by atoms with Crippen molar-refractivity contribution in [2.24, 2.45) is 0 Å². The Bertz CT molecular complexity index is 344. The van der Waals surface area contributed by atoms with Gasteiger partial charge in [0.25, 0.3) is 0 Å². The van der Waals surface area contributed by atoms with Crippen molar-refractivity contribution in [3.63, 3.8) is 0 Å². The molecule has 0 radical (unpaired) electrons. The van der Waals surface area contributed by atoms with Crippen LogP contribution in [0.5, 0.6) is 0 Å². The molecule has 1 heterocycles. The number of hydrogen-bond acceptors (Lipinski definition) is 4. The average Bonchev–Trinajstić information content (AvgIpc) is 2.22. The smallest absolute Gasteiger partial charge is 0.146 e. The normalized spacial score (nSPS) is 15.9. The molecule has 1 aromatic rings. The van der Waals surface area contributed by atoms with Crippen LogP contribution < -0.4 is 4.90 Å². The summed E-state index contributed by atoms with van der Waals surface area (Å²) in [5, 5.41) is 8.93. The molecule has 0 saturated heterocycles. The first-order valence-electron chi connectivity index (χ1n) is 5.66. The molecule has 0 unspecified atom stereocenters. The molecule has 0 aromatic carbocycles. The first-order valence-corrected chi connectivity index (χ1v) is 6.45. The van der Waals surface area contributed by atoms with Gasteiger partial charge in [0.1, 0.15) is 12.1 Å². The predicted octanol–water partition coefficient (Wildman–Crippen LogP) is 1.98. The maximum atomic E-state index is 8.93. The Morgan fingerprint density at radius 1 is 1.50 bits per heavy atom. The molecule has 5 heteroatoms. The number of aliphatic hydroxyl groups is 1. The Morgan fingerprint density at radius 2 is 2.31 bits per heavy atom. The number of aromatic nitrogens is 2. The van der Waals surface area contributed by atoms with Crippen LogP contribution in [-0.2, 0) is 0 Å². The second kappa shape index (κ2) is 5.59. The molecule has 1 saturated carbocycles. The third-order valence-electron chi connectivity index (χ3n) is 2.99. The van der Waals surface area contributed by atoms with Crippen LogP contribution in [0.4, 0.5) is 5.82 Å². The van der Waals surface area contributed by atoms with Crippen molar-refractivity contribution in [1.29, 1.82) is 0 Å². The Kier molecular flexibility index (Phi) is 4.12. The molecule has 0 atom stereocenters. The summed E-state index contributed by atoms with van der Waals surface area (Å²) in [4.78, 5) is 10.6. The van der Waals surface area contributed by atoms with Crippen molar-refractivity contribution in [3.05, 3.63) is 17.0 Å². The number of hydrogen-bond donors (Lipinski definition) is 1. The zero-order valence-corrected chi connectivity index (χ0v) is 10.7. The summed E-state index contributed by atoms with van der Waals surface area (Å²) in [6.45, 7) is 1.09. The Labute approximate surface area is 104 Å². The van der Waals surface area contributed by atoms with E-state index in [1.807, 2.05) is 0 Å².